The molecule has 5 rings (SSSR count). The van der Waals surface area contributed by atoms with E-state index in [9.17, 15) is 13.2 Å². The Labute approximate surface area is 235 Å². The maximum absolute atomic E-state index is 15.6. The number of ether oxygens (including phenoxy) is 1. The molecule has 0 bridgehead atoms. The van der Waals surface area contributed by atoms with Crippen molar-refractivity contribution in [1.82, 2.24) is 34.3 Å². The van der Waals surface area contributed by atoms with Crippen LogP contribution in [0.15, 0.2) is 48.8 Å². The van der Waals surface area contributed by atoms with Crippen molar-refractivity contribution in [3.63, 3.8) is 0 Å². The van der Waals surface area contributed by atoms with E-state index in [1.807, 2.05) is 0 Å². The van der Waals surface area contributed by atoms with Crippen molar-refractivity contribution in [1.29, 1.82) is 0 Å². The number of nitrogens with two attached hydrogens (primary N) is 1. The van der Waals surface area contributed by atoms with Crippen LogP contribution < -0.4 is 5.73 Å². The van der Waals surface area contributed by atoms with Crippen LogP contribution in [-0.2, 0) is 10.9 Å². The molecule has 1 aliphatic heterocycles. The summed E-state index contributed by atoms with van der Waals surface area (Å²) in [5.41, 5.74) is 6.65. The highest BCUT2D eigenvalue weighted by atomic mass is 19.4. The number of fused-ring (bicyclic) bond motifs is 1. The highest BCUT2D eigenvalue weighted by Gasteiger charge is 2.34. The van der Waals surface area contributed by atoms with E-state index in [4.69, 9.17) is 10.5 Å². The second kappa shape index (κ2) is 11.7. The monoisotopic (exact) mass is 572 g/mol. The van der Waals surface area contributed by atoms with E-state index in [2.05, 4.69) is 43.9 Å². The molecular formula is C28H32F4N8O. The Morgan fingerprint density at radius 3 is 2.41 bits per heavy atom. The SMILES string of the molecule is COC(c1ccc(-c2cnc3ccc(-c4cnc(N)c(C(F)(F)F)c4)nn23)cc1F)N1CCN(CCN(C)C)CC1. The maximum Gasteiger partial charge on any atom is 0.419 e. The third kappa shape index (κ3) is 6.17. The smallest absolute Gasteiger partial charge is 0.383 e. The summed E-state index contributed by atoms with van der Waals surface area (Å²) in [5.74, 6) is -1.05. The number of pyridine rings is 1. The van der Waals surface area contributed by atoms with Gasteiger partial charge in [0.1, 0.15) is 17.9 Å². The zero-order valence-electron chi connectivity index (χ0n) is 23.1. The Morgan fingerprint density at radius 2 is 1.76 bits per heavy atom. The first-order valence-electron chi connectivity index (χ1n) is 13.2. The fraction of sp³-hybridized carbons (Fsp3) is 0.393. The molecule has 0 amide bonds. The van der Waals surface area contributed by atoms with Crippen molar-refractivity contribution in [2.45, 2.75) is 12.4 Å². The highest BCUT2D eigenvalue weighted by molar-refractivity contribution is 5.67. The van der Waals surface area contributed by atoms with Crippen LogP contribution in [0.25, 0.3) is 28.2 Å². The summed E-state index contributed by atoms with van der Waals surface area (Å²) in [6, 6.07) is 8.95. The fourth-order valence-electron chi connectivity index (χ4n) is 4.99. The molecular weight excluding hydrogens is 540 g/mol. The average molecular weight is 573 g/mol. The summed E-state index contributed by atoms with van der Waals surface area (Å²) in [5, 5.41) is 4.49. The number of halogens is 4. The van der Waals surface area contributed by atoms with Crippen LogP contribution in [0.2, 0.25) is 0 Å². The Balaban J connectivity index is 1.39. The van der Waals surface area contributed by atoms with Gasteiger partial charge >= 0.3 is 6.18 Å². The van der Waals surface area contributed by atoms with Gasteiger partial charge in [0, 0.05) is 69.3 Å². The van der Waals surface area contributed by atoms with Gasteiger partial charge in [-0.2, -0.15) is 18.3 Å². The van der Waals surface area contributed by atoms with Gasteiger partial charge in [-0.15, -0.1) is 0 Å². The number of rotatable bonds is 8. The Bertz CT molecular complexity index is 1510. The van der Waals surface area contributed by atoms with E-state index in [1.54, 1.807) is 37.6 Å². The van der Waals surface area contributed by atoms with Gasteiger partial charge in [-0.1, -0.05) is 12.1 Å². The second-order valence-electron chi connectivity index (χ2n) is 10.3. The van der Waals surface area contributed by atoms with Gasteiger partial charge in [0.2, 0.25) is 0 Å². The van der Waals surface area contributed by atoms with E-state index in [1.165, 1.54) is 16.8 Å². The third-order valence-corrected chi connectivity index (χ3v) is 7.27. The van der Waals surface area contributed by atoms with Crippen LogP contribution in [0.3, 0.4) is 0 Å². The molecule has 4 heterocycles. The van der Waals surface area contributed by atoms with Crippen molar-refractivity contribution < 1.29 is 22.3 Å². The van der Waals surface area contributed by atoms with Gasteiger partial charge < -0.3 is 15.4 Å². The minimum atomic E-state index is -4.66. The Kier molecular flexibility index (Phi) is 8.23. The largest absolute Gasteiger partial charge is 0.419 e. The van der Waals surface area contributed by atoms with Crippen molar-refractivity contribution >= 4 is 11.5 Å². The number of methoxy groups -OCH3 is 1. The topological polar surface area (TPSA) is 88.0 Å². The summed E-state index contributed by atoms with van der Waals surface area (Å²) in [6.07, 6.45) is -2.41. The number of alkyl halides is 3. The molecule has 1 aromatic carbocycles. The van der Waals surface area contributed by atoms with Crippen LogP contribution in [0.4, 0.5) is 23.4 Å². The zero-order chi connectivity index (χ0) is 29.3. The summed E-state index contributed by atoms with van der Waals surface area (Å²) in [4.78, 5) is 14.7. The van der Waals surface area contributed by atoms with Crippen molar-refractivity contribution in [3.05, 3.63) is 65.7 Å². The second-order valence-corrected chi connectivity index (χ2v) is 10.3. The first-order chi connectivity index (χ1) is 19.5. The Hall–Kier alpha value is -3.65. The molecule has 218 valence electrons. The number of benzene rings is 1. The molecule has 1 unspecified atom stereocenters. The minimum Gasteiger partial charge on any atom is -0.383 e. The summed E-state index contributed by atoms with van der Waals surface area (Å²) in [6.45, 7) is 5.21. The number of hydrogen-bond acceptors (Lipinski definition) is 8. The lowest BCUT2D eigenvalue weighted by atomic mass is 10.1. The van der Waals surface area contributed by atoms with Crippen molar-refractivity contribution in [3.8, 4) is 22.5 Å². The molecule has 1 saturated heterocycles. The molecule has 13 heteroatoms. The van der Waals surface area contributed by atoms with Crippen LogP contribution in [0, 0.1) is 5.82 Å². The van der Waals surface area contributed by atoms with E-state index in [-0.39, 0.29) is 11.3 Å². The predicted octanol–water partition coefficient (Wildman–Crippen LogP) is 4.02. The van der Waals surface area contributed by atoms with Crippen molar-refractivity contribution in [2.75, 3.05) is 66.2 Å². The van der Waals surface area contributed by atoms with Gasteiger partial charge in [0.15, 0.2) is 5.65 Å². The lowest BCUT2D eigenvalue weighted by molar-refractivity contribution is -0.137. The molecule has 2 N–H and O–H groups in total. The van der Waals surface area contributed by atoms with Crippen LogP contribution in [0.5, 0.6) is 0 Å². The van der Waals surface area contributed by atoms with E-state index >= 15 is 4.39 Å². The summed E-state index contributed by atoms with van der Waals surface area (Å²) in [7, 11) is 5.67. The molecule has 0 saturated carbocycles. The normalized spacial score (nSPS) is 16.1. The van der Waals surface area contributed by atoms with Crippen LogP contribution in [0.1, 0.15) is 17.4 Å². The number of nitrogens with zero attached hydrogens (tertiary/aromatic N) is 7. The maximum atomic E-state index is 15.6. The lowest BCUT2D eigenvalue weighted by Crippen LogP contribution is -2.49. The van der Waals surface area contributed by atoms with E-state index in [0.717, 1.165) is 45.3 Å². The third-order valence-electron chi connectivity index (χ3n) is 7.27. The quantitative estimate of drug-likeness (QED) is 0.317. The van der Waals surface area contributed by atoms with Crippen molar-refractivity contribution in [2.24, 2.45) is 0 Å². The molecule has 41 heavy (non-hydrogen) atoms. The van der Waals surface area contributed by atoms with Gasteiger partial charge in [-0.05, 0) is 38.4 Å². The number of likely N-dealkylation sites (N-methyl/N-ethyl adjacent to an activating group) is 1. The zero-order valence-corrected chi connectivity index (χ0v) is 23.1. The van der Waals surface area contributed by atoms with Gasteiger partial charge in [-0.25, -0.2) is 18.9 Å². The summed E-state index contributed by atoms with van der Waals surface area (Å²) >= 11 is 0. The van der Waals surface area contributed by atoms with Gasteiger partial charge in [-0.3, -0.25) is 9.80 Å². The minimum absolute atomic E-state index is 0.138. The number of imidazole rings is 1. The molecule has 0 spiro atoms. The van der Waals surface area contributed by atoms with E-state index in [0.29, 0.717) is 22.5 Å². The number of nitrogen functional groups attached to an aromatic ring is 1. The molecule has 1 aliphatic rings. The number of piperazine rings is 1. The standard InChI is InChI=1S/C28H32F4N8O/c1-37(2)8-9-38-10-12-39(13-11-38)27(41-3)20-5-4-18(15-22(20)29)24-17-34-25-7-6-23(36-40(24)25)19-14-21(28(30,31)32)26(33)35-16-19/h4-7,14-17,27H,8-13H2,1-3H3,(H2,33,35). The first-order valence-corrected chi connectivity index (χ1v) is 13.2. The molecule has 3 aromatic heterocycles. The number of aromatic nitrogens is 4. The molecule has 0 aliphatic carbocycles. The van der Waals surface area contributed by atoms with Gasteiger partial charge in [0.25, 0.3) is 0 Å². The van der Waals surface area contributed by atoms with Crippen LogP contribution >= 0.6 is 0 Å². The Morgan fingerprint density at radius 1 is 1.00 bits per heavy atom. The first kappa shape index (κ1) is 28.9. The summed E-state index contributed by atoms with van der Waals surface area (Å²) < 4.78 is 62.9. The number of anilines is 1. The molecule has 1 fully saturated rings. The fourth-order valence-corrected chi connectivity index (χ4v) is 4.99. The molecule has 9 nitrogen and oxygen atoms in total. The average Bonchev–Trinajstić information content (AvgIpc) is 3.37. The van der Waals surface area contributed by atoms with Crippen LogP contribution in [-0.4, -0.2) is 94.8 Å². The predicted molar refractivity (Wildman–Crippen MR) is 147 cm³/mol. The molecule has 0 radical (unpaired) electrons. The lowest BCUT2D eigenvalue weighted by Gasteiger charge is -2.39. The molecule has 4 aromatic rings. The van der Waals surface area contributed by atoms with Gasteiger partial charge in [0.05, 0.1) is 23.1 Å². The number of hydrogen-bond donors (Lipinski definition) is 1. The highest BCUT2D eigenvalue weighted by Crippen LogP contribution is 2.35. The molecule has 1 atom stereocenters. The van der Waals surface area contributed by atoms with E-state index < -0.39 is 29.6 Å².